The Morgan fingerprint density at radius 1 is 1.23 bits per heavy atom. The Bertz CT molecular complexity index is 852. The molecule has 0 unspecified atom stereocenters. The Morgan fingerprint density at radius 2 is 2.00 bits per heavy atom. The van der Waals surface area contributed by atoms with Crippen LogP contribution in [-0.2, 0) is 13.1 Å². The zero-order chi connectivity index (χ0) is 18.3. The van der Waals surface area contributed by atoms with E-state index in [0.717, 1.165) is 38.0 Å². The lowest BCUT2D eigenvalue weighted by Crippen LogP contribution is -2.44. The van der Waals surface area contributed by atoms with Crippen molar-refractivity contribution in [3.63, 3.8) is 0 Å². The van der Waals surface area contributed by atoms with Crippen LogP contribution in [-0.4, -0.2) is 40.7 Å². The third-order valence-electron chi connectivity index (χ3n) is 5.40. The molecular weight excluding hydrogens is 346 g/mol. The first-order chi connectivity index (χ1) is 12.5. The van der Waals surface area contributed by atoms with Gasteiger partial charge in [0, 0.05) is 42.0 Å². The highest BCUT2D eigenvalue weighted by Gasteiger charge is 2.36. The molecule has 1 saturated heterocycles. The van der Waals surface area contributed by atoms with Gasteiger partial charge in [0.15, 0.2) is 0 Å². The van der Waals surface area contributed by atoms with Gasteiger partial charge < -0.3 is 10.6 Å². The minimum atomic E-state index is -0.530. The van der Waals surface area contributed by atoms with Gasteiger partial charge in [-0.1, -0.05) is 12.1 Å². The topological polar surface area (TPSA) is 66.6 Å². The van der Waals surface area contributed by atoms with E-state index in [2.05, 4.69) is 24.0 Å². The fourth-order valence-electron chi connectivity index (χ4n) is 4.06. The average Bonchev–Trinajstić information content (AvgIpc) is 3.19. The maximum atomic E-state index is 12.9. The van der Waals surface area contributed by atoms with Gasteiger partial charge in [-0.15, -0.1) is 11.3 Å². The molecule has 0 spiro atoms. The number of hydrogen-bond donors (Lipinski definition) is 1. The first-order valence-electron chi connectivity index (χ1n) is 9.03. The fourth-order valence-corrected chi connectivity index (χ4v) is 5.00. The van der Waals surface area contributed by atoms with Gasteiger partial charge in [0.05, 0.1) is 11.1 Å². The molecule has 1 fully saturated rings. The van der Waals surface area contributed by atoms with Crippen LogP contribution >= 0.6 is 11.3 Å². The number of amides is 2. The molecule has 0 aliphatic carbocycles. The van der Waals surface area contributed by atoms with Crippen LogP contribution in [0, 0.1) is 6.92 Å². The molecule has 136 valence electrons. The Morgan fingerprint density at radius 3 is 2.65 bits per heavy atom. The predicted molar refractivity (Wildman–Crippen MR) is 102 cm³/mol. The first-order valence-corrected chi connectivity index (χ1v) is 9.85. The summed E-state index contributed by atoms with van der Waals surface area (Å²) in [5.74, 6) is -0.570. The van der Waals surface area contributed by atoms with E-state index in [1.165, 1.54) is 9.75 Å². The van der Waals surface area contributed by atoms with Crippen LogP contribution in [0.15, 0.2) is 30.3 Å². The van der Waals surface area contributed by atoms with E-state index in [1.807, 2.05) is 22.3 Å². The number of nitrogens with two attached hydrogens (primary N) is 1. The summed E-state index contributed by atoms with van der Waals surface area (Å²) in [4.78, 5) is 31.7. The van der Waals surface area contributed by atoms with E-state index in [9.17, 15) is 9.59 Å². The Hall–Kier alpha value is -2.18. The van der Waals surface area contributed by atoms with Crippen molar-refractivity contribution >= 4 is 23.2 Å². The summed E-state index contributed by atoms with van der Waals surface area (Å²) in [7, 11) is 0. The van der Waals surface area contributed by atoms with E-state index >= 15 is 0 Å². The molecule has 5 nitrogen and oxygen atoms in total. The largest absolute Gasteiger partial charge is 0.366 e. The van der Waals surface area contributed by atoms with Crippen molar-refractivity contribution in [1.29, 1.82) is 0 Å². The number of primary amides is 1. The van der Waals surface area contributed by atoms with Gasteiger partial charge in [-0.05, 0) is 43.5 Å². The minimum absolute atomic E-state index is 0.0401. The number of likely N-dealkylation sites (tertiary alicyclic amines) is 1. The molecule has 0 atom stereocenters. The van der Waals surface area contributed by atoms with Gasteiger partial charge in [-0.3, -0.25) is 14.5 Å². The number of rotatable bonds is 4. The van der Waals surface area contributed by atoms with Crippen LogP contribution in [0.4, 0.5) is 0 Å². The summed E-state index contributed by atoms with van der Waals surface area (Å²) in [5.41, 5.74) is 7.23. The maximum absolute atomic E-state index is 12.9. The highest BCUT2D eigenvalue weighted by Crippen LogP contribution is 2.31. The lowest BCUT2D eigenvalue weighted by atomic mass is 10.0. The monoisotopic (exact) mass is 369 g/mol. The number of carbonyl (C=O) groups is 2. The van der Waals surface area contributed by atoms with Crippen LogP contribution in [0.3, 0.4) is 0 Å². The molecule has 3 heterocycles. The second-order valence-electron chi connectivity index (χ2n) is 7.16. The molecule has 6 heteroatoms. The molecule has 0 radical (unpaired) electrons. The maximum Gasteiger partial charge on any atom is 0.255 e. The normalized spacial score (nSPS) is 18.3. The van der Waals surface area contributed by atoms with E-state index in [1.54, 1.807) is 12.1 Å². The standard InChI is InChI=1S/C20H23N3O2S/c1-13-5-6-16(26-13)12-22-9-7-15(8-10-22)23-11-14-3-2-4-17(19(21)24)18(14)20(23)25/h2-6,15H,7-12H2,1H3,(H2,21,24). The predicted octanol–water partition coefficient (Wildman–Crippen LogP) is 2.78. The molecule has 26 heavy (non-hydrogen) atoms. The highest BCUT2D eigenvalue weighted by atomic mass is 32.1. The van der Waals surface area contributed by atoms with Crippen LogP contribution in [0.1, 0.15) is 48.9 Å². The number of aryl methyl sites for hydroxylation is 1. The fraction of sp³-hybridized carbons (Fsp3) is 0.400. The van der Waals surface area contributed by atoms with Crippen molar-refractivity contribution < 1.29 is 9.59 Å². The number of piperidine rings is 1. The summed E-state index contributed by atoms with van der Waals surface area (Å²) in [5, 5.41) is 0. The van der Waals surface area contributed by atoms with E-state index in [0.29, 0.717) is 17.7 Å². The Kier molecular flexibility index (Phi) is 4.54. The number of hydrogen-bond acceptors (Lipinski definition) is 4. The molecular formula is C20H23N3O2S. The van der Waals surface area contributed by atoms with Gasteiger partial charge in [-0.25, -0.2) is 0 Å². The second-order valence-corrected chi connectivity index (χ2v) is 8.53. The number of benzene rings is 1. The summed E-state index contributed by atoms with van der Waals surface area (Å²) >= 11 is 1.85. The van der Waals surface area contributed by atoms with Crippen molar-refractivity contribution in [1.82, 2.24) is 9.80 Å². The number of carbonyl (C=O) groups excluding carboxylic acids is 2. The molecule has 2 N–H and O–H groups in total. The molecule has 2 aromatic rings. The van der Waals surface area contributed by atoms with Crippen LogP contribution in [0.5, 0.6) is 0 Å². The van der Waals surface area contributed by atoms with E-state index < -0.39 is 5.91 Å². The summed E-state index contributed by atoms with van der Waals surface area (Å²) < 4.78 is 0. The van der Waals surface area contributed by atoms with E-state index in [4.69, 9.17) is 5.73 Å². The smallest absolute Gasteiger partial charge is 0.255 e. The minimum Gasteiger partial charge on any atom is -0.366 e. The summed E-state index contributed by atoms with van der Waals surface area (Å²) in [6, 6.07) is 9.99. The SMILES string of the molecule is Cc1ccc(CN2CCC(N3Cc4cccc(C(N)=O)c4C3=O)CC2)s1. The molecule has 2 amide bonds. The molecule has 1 aromatic carbocycles. The molecule has 0 saturated carbocycles. The molecule has 4 rings (SSSR count). The van der Waals surface area contributed by atoms with Gasteiger partial charge in [0.2, 0.25) is 5.91 Å². The second kappa shape index (κ2) is 6.85. The van der Waals surface area contributed by atoms with Gasteiger partial charge in [-0.2, -0.15) is 0 Å². The summed E-state index contributed by atoms with van der Waals surface area (Å²) in [6.07, 6.45) is 1.94. The van der Waals surface area contributed by atoms with Crippen LogP contribution < -0.4 is 5.73 Å². The Labute approximate surface area is 157 Å². The van der Waals surface area contributed by atoms with Gasteiger partial charge >= 0.3 is 0 Å². The van der Waals surface area contributed by atoms with Crippen LogP contribution in [0.2, 0.25) is 0 Å². The van der Waals surface area contributed by atoms with Crippen molar-refractivity contribution in [2.75, 3.05) is 13.1 Å². The zero-order valence-corrected chi connectivity index (χ0v) is 15.7. The molecule has 2 aliphatic heterocycles. The lowest BCUT2D eigenvalue weighted by Gasteiger charge is -2.36. The first kappa shape index (κ1) is 17.2. The van der Waals surface area contributed by atoms with Gasteiger partial charge in [0.25, 0.3) is 5.91 Å². The molecule has 2 aliphatic rings. The number of fused-ring (bicyclic) bond motifs is 1. The number of thiophene rings is 1. The van der Waals surface area contributed by atoms with Crippen molar-refractivity contribution in [3.8, 4) is 0 Å². The highest BCUT2D eigenvalue weighted by molar-refractivity contribution is 7.11. The molecule has 1 aromatic heterocycles. The zero-order valence-electron chi connectivity index (χ0n) is 14.9. The Balaban J connectivity index is 1.42. The quantitative estimate of drug-likeness (QED) is 0.901. The van der Waals surface area contributed by atoms with Crippen molar-refractivity contribution in [2.45, 2.75) is 38.9 Å². The lowest BCUT2D eigenvalue weighted by molar-refractivity contribution is 0.0589. The summed E-state index contributed by atoms with van der Waals surface area (Å²) in [6.45, 7) is 5.70. The van der Waals surface area contributed by atoms with Crippen LogP contribution in [0.25, 0.3) is 0 Å². The van der Waals surface area contributed by atoms with Crippen molar-refractivity contribution in [3.05, 3.63) is 56.8 Å². The van der Waals surface area contributed by atoms with Gasteiger partial charge in [0.1, 0.15) is 0 Å². The molecule has 0 bridgehead atoms. The number of nitrogens with zero attached hydrogens (tertiary/aromatic N) is 2. The van der Waals surface area contributed by atoms with E-state index in [-0.39, 0.29) is 11.9 Å². The average molecular weight is 369 g/mol. The van der Waals surface area contributed by atoms with Crippen molar-refractivity contribution in [2.24, 2.45) is 5.73 Å². The third kappa shape index (κ3) is 3.15. The third-order valence-corrected chi connectivity index (χ3v) is 6.39.